The first kappa shape index (κ1) is 14.7. The summed E-state index contributed by atoms with van der Waals surface area (Å²) in [5.41, 5.74) is 0. The summed E-state index contributed by atoms with van der Waals surface area (Å²) >= 11 is 0. The van der Waals surface area contributed by atoms with Gasteiger partial charge in [-0.1, -0.05) is 6.92 Å². The van der Waals surface area contributed by atoms with Crippen molar-refractivity contribution in [3.05, 3.63) is 12.3 Å². The molecule has 0 spiro atoms. The van der Waals surface area contributed by atoms with E-state index in [4.69, 9.17) is 14.9 Å². The molecule has 0 aliphatic heterocycles. The molecule has 1 unspecified atom stereocenters. The highest BCUT2D eigenvalue weighted by molar-refractivity contribution is 5.82. The summed E-state index contributed by atoms with van der Waals surface area (Å²) in [7, 11) is 0. The lowest BCUT2D eigenvalue weighted by Gasteiger charge is -2.12. The van der Waals surface area contributed by atoms with Crippen molar-refractivity contribution in [3.63, 3.8) is 0 Å². The van der Waals surface area contributed by atoms with Gasteiger partial charge in [-0.3, -0.25) is 4.79 Å². The highest BCUT2D eigenvalue weighted by atomic mass is 16.5. The maximum absolute atomic E-state index is 10.9. The molecule has 8 nitrogen and oxygen atoms in total. The third-order valence-electron chi connectivity index (χ3n) is 2.06. The predicted octanol–water partition coefficient (Wildman–Crippen LogP) is 0.605. The molecule has 1 heterocycles. The summed E-state index contributed by atoms with van der Waals surface area (Å²) in [4.78, 5) is 29.2. The van der Waals surface area contributed by atoms with Crippen molar-refractivity contribution in [2.75, 3.05) is 11.9 Å². The second-order valence-corrected chi connectivity index (χ2v) is 3.70. The Bertz CT molecular complexity index is 452. The van der Waals surface area contributed by atoms with Crippen molar-refractivity contribution < 1.29 is 24.5 Å². The molecule has 8 heteroatoms. The van der Waals surface area contributed by atoms with E-state index >= 15 is 0 Å². The van der Waals surface area contributed by atoms with Gasteiger partial charge < -0.3 is 20.3 Å². The number of carbonyl (C=O) groups is 2. The third kappa shape index (κ3) is 5.19. The fraction of sp³-hybridized carbons (Fsp3) is 0.455. The van der Waals surface area contributed by atoms with Gasteiger partial charge in [0.05, 0.1) is 13.0 Å². The quantitative estimate of drug-likeness (QED) is 0.627. The molecule has 1 aromatic rings. The lowest BCUT2D eigenvalue weighted by Crippen LogP contribution is -2.32. The van der Waals surface area contributed by atoms with Crippen molar-refractivity contribution in [1.82, 2.24) is 9.97 Å². The van der Waals surface area contributed by atoms with Crippen LogP contribution in [0.2, 0.25) is 0 Å². The fourth-order valence-electron chi connectivity index (χ4n) is 1.23. The monoisotopic (exact) mass is 269 g/mol. The summed E-state index contributed by atoms with van der Waals surface area (Å²) in [6, 6.07) is 0.243. The van der Waals surface area contributed by atoms with Crippen molar-refractivity contribution >= 4 is 17.9 Å². The maximum Gasteiger partial charge on any atom is 0.326 e. The van der Waals surface area contributed by atoms with Crippen molar-refractivity contribution in [2.45, 2.75) is 25.8 Å². The Morgan fingerprint density at radius 1 is 1.47 bits per heavy atom. The number of nitrogens with one attached hydrogen (secondary N) is 1. The van der Waals surface area contributed by atoms with E-state index in [-0.39, 0.29) is 5.95 Å². The van der Waals surface area contributed by atoms with Crippen LogP contribution in [0.15, 0.2) is 12.3 Å². The summed E-state index contributed by atoms with van der Waals surface area (Å²) in [5.74, 6) is -2.19. The van der Waals surface area contributed by atoms with Gasteiger partial charge in [0.2, 0.25) is 11.8 Å². The average molecular weight is 269 g/mol. The molecule has 19 heavy (non-hydrogen) atoms. The number of ether oxygens (including phenoxy) is 1. The highest BCUT2D eigenvalue weighted by Gasteiger charge is 2.21. The zero-order chi connectivity index (χ0) is 14.3. The van der Waals surface area contributed by atoms with Crippen LogP contribution in [0.25, 0.3) is 0 Å². The minimum atomic E-state index is -1.29. The molecule has 0 radical (unpaired) electrons. The summed E-state index contributed by atoms with van der Waals surface area (Å²) in [6.45, 7) is 2.42. The van der Waals surface area contributed by atoms with Crippen LogP contribution < -0.4 is 10.1 Å². The summed E-state index contributed by atoms with van der Waals surface area (Å²) < 4.78 is 5.26. The number of hydrogen-bond donors (Lipinski definition) is 3. The molecule has 0 bridgehead atoms. The molecule has 1 atom stereocenters. The van der Waals surface area contributed by atoms with Gasteiger partial charge in [-0.15, -0.1) is 0 Å². The van der Waals surface area contributed by atoms with E-state index in [9.17, 15) is 9.59 Å². The molecule has 0 aliphatic rings. The largest absolute Gasteiger partial charge is 0.481 e. The number of carboxylic acid groups (broad SMARTS) is 2. The van der Waals surface area contributed by atoms with Gasteiger partial charge >= 0.3 is 11.9 Å². The van der Waals surface area contributed by atoms with Gasteiger partial charge in [0, 0.05) is 12.3 Å². The Balaban J connectivity index is 2.73. The van der Waals surface area contributed by atoms with Crippen molar-refractivity contribution in [3.8, 4) is 5.88 Å². The molecule has 1 rings (SSSR count). The van der Waals surface area contributed by atoms with Crippen LogP contribution >= 0.6 is 0 Å². The number of nitrogens with zero attached hydrogens (tertiary/aromatic N) is 2. The van der Waals surface area contributed by atoms with Crippen LogP contribution in [0.3, 0.4) is 0 Å². The lowest BCUT2D eigenvalue weighted by atomic mass is 10.2. The van der Waals surface area contributed by atoms with Crippen molar-refractivity contribution in [2.24, 2.45) is 0 Å². The molecule has 0 saturated carbocycles. The highest BCUT2D eigenvalue weighted by Crippen LogP contribution is 2.10. The van der Waals surface area contributed by atoms with Gasteiger partial charge in [-0.25, -0.2) is 9.78 Å². The molecular weight excluding hydrogens is 254 g/mol. The SMILES string of the molecule is CCCOc1ccnc(NC(CC(=O)O)C(=O)O)n1. The van der Waals surface area contributed by atoms with Crippen LogP contribution in [-0.2, 0) is 9.59 Å². The van der Waals surface area contributed by atoms with Gasteiger partial charge in [-0.2, -0.15) is 4.98 Å². The van der Waals surface area contributed by atoms with E-state index in [0.29, 0.717) is 12.5 Å². The van der Waals surface area contributed by atoms with Crippen LogP contribution in [0.1, 0.15) is 19.8 Å². The minimum Gasteiger partial charge on any atom is -0.481 e. The number of aliphatic carboxylic acids is 2. The van der Waals surface area contributed by atoms with E-state index in [1.165, 1.54) is 12.3 Å². The van der Waals surface area contributed by atoms with Gasteiger partial charge in [0.1, 0.15) is 6.04 Å². The van der Waals surface area contributed by atoms with Gasteiger partial charge in [-0.05, 0) is 6.42 Å². The molecule has 3 N–H and O–H groups in total. The van der Waals surface area contributed by atoms with E-state index in [1.807, 2.05) is 6.92 Å². The van der Waals surface area contributed by atoms with Crippen LogP contribution in [-0.4, -0.2) is 44.8 Å². The molecule has 1 aromatic heterocycles. The standard InChI is InChI=1S/C11H15N3O5/c1-2-5-19-8-3-4-12-11(14-8)13-7(10(17)18)6-9(15)16/h3-4,7H,2,5-6H2,1H3,(H,15,16)(H,17,18)(H,12,13,14). The summed E-state index contributed by atoms with van der Waals surface area (Å²) in [6.07, 6.45) is 1.64. The van der Waals surface area contributed by atoms with E-state index in [1.54, 1.807) is 0 Å². The van der Waals surface area contributed by atoms with Gasteiger partial charge in [0.15, 0.2) is 0 Å². The normalized spacial score (nSPS) is 11.6. The molecule has 0 fully saturated rings. The van der Waals surface area contributed by atoms with Crippen molar-refractivity contribution in [1.29, 1.82) is 0 Å². The molecule has 104 valence electrons. The maximum atomic E-state index is 10.9. The first-order valence-corrected chi connectivity index (χ1v) is 5.70. The summed E-state index contributed by atoms with van der Waals surface area (Å²) in [5, 5.41) is 19.9. The fourth-order valence-corrected chi connectivity index (χ4v) is 1.23. The van der Waals surface area contributed by atoms with E-state index in [2.05, 4.69) is 15.3 Å². The second kappa shape index (κ2) is 7.14. The third-order valence-corrected chi connectivity index (χ3v) is 2.06. The first-order valence-electron chi connectivity index (χ1n) is 5.70. The Hall–Kier alpha value is -2.38. The van der Waals surface area contributed by atoms with Gasteiger partial charge in [0.25, 0.3) is 0 Å². The van der Waals surface area contributed by atoms with E-state index < -0.39 is 24.4 Å². The molecule has 0 amide bonds. The Morgan fingerprint density at radius 3 is 2.79 bits per heavy atom. The van der Waals surface area contributed by atoms with E-state index in [0.717, 1.165) is 6.42 Å². The number of anilines is 1. The van der Waals surface area contributed by atoms with Crippen LogP contribution in [0.5, 0.6) is 5.88 Å². The van der Waals surface area contributed by atoms with Crippen LogP contribution in [0, 0.1) is 0 Å². The first-order chi connectivity index (χ1) is 9.02. The number of hydrogen-bond acceptors (Lipinski definition) is 6. The Morgan fingerprint density at radius 2 is 2.21 bits per heavy atom. The Kier molecular flexibility index (Phi) is 5.52. The number of carboxylic acids is 2. The van der Waals surface area contributed by atoms with Crippen LogP contribution in [0.4, 0.5) is 5.95 Å². The molecule has 0 aliphatic carbocycles. The predicted molar refractivity (Wildman–Crippen MR) is 65.1 cm³/mol. The molecular formula is C11H15N3O5. The Labute approximate surface area is 109 Å². The zero-order valence-corrected chi connectivity index (χ0v) is 10.4. The minimum absolute atomic E-state index is 0.0160. The molecule has 0 aromatic carbocycles. The topological polar surface area (TPSA) is 122 Å². The molecule has 0 saturated heterocycles. The average Bonchev–Trinajstić information content (AvgIpc) is 2.35. The number of aromatic nitrogens is 2. The zero-order valence-electron chi connectivity index (χ0n) is 10.4. The number of rotatable bonds is 8. The lowest BCUT2D eigenvalue weighted by molar-refractivity contribution is -0.144. The second-order valence-electron chi connectivity index (χ2n) is 3.70. The smallest absolute Gasteiger partial charge is 0.326 e.